The number of carbonyl (C=O) groups excluding carboxylic acids is 2. The third-order valence-corrected chi connectivity index (χ3v) is 5.01. The van der Waals surface area contributed by atoms with Crippen LogP contribution in [0.1, 0.15) is 46.0 Å². The van der Waals surface area contributed by atoms with Crippen molar-refractivity contribution < 1.29 is 9.59 Å². The Kier molecular flexibility index (Phi) is 5.19. The van der Waals surface area contributed by atoms with E-state index in [0.29, 0.717) is 24.4 Å². The van der Waals surface area contributed by atoms with Crippen LogP contribution < -0.4 is 16.0 Å². The van der Waals surface area contributed by atoms with Gasteiger partial charge in [0.1, 0.15) is 0 Å². The number of rotatable bonds is 5. The van der Waals surface area contributed by atoms with E-state index < -0.39 is 0 Å². The summed E-state index contributed by atoms with van der Waals surface area (Å²) >= 11 is 0. The Morgan fingerprint density at radius 3 is 2.12 bits per heavy atom. The van der Waals surface area contributed by atoms with Crippen LogP contribution >= 0.6 is 0 Å². The standard InChI is InChI=1S/C19H27N3O2/c1-12(2)19(24)22-15-5-3-14(4-6-15)21-18(23)11-13-9-16-7-8-17(10-13)20-16/h3-6,12-13,16-17,20H,7-11H2,1-2H3,(H,21,23)(H,22,24). The lowest BCUT2D eigenvalue weighted by Gasteiger charge is -2.28. The molecule has 2 aliphatic heterocycles. The van der Waals surface area contributed by atoms with E-state index in [1.807, 2.05) is 38.1 Å². The predicted molar refractivity (Wildman–Crippen MR) is 95.8 cm³/mol. The molecule has 2 unspecified atom stereocenters. The van der Waals surface area contributed by atoms with Gasteiger partial charge >= 0.3 is 0 Å². The summed E-state index contributed by atoms with van der Waals surface area (Å²) in [6.07, 6.45) is 5.34. The van der Waals surface area contributed by atoms with Crippen LogP contribution in [0.2, 0.25) is 0 Å². The van der Waals surface area contributed by atoms with Gasteiger partial charge in [0.2, 0.25) is 11.8 Å². The Balaban J connectivity index is 1.48. The minimum absolute atomic E-state index is 0.00711. The SMILES string of the molecule is CC(C)C(=O)Nc1ccc(NC(=O)CC2CC3CCC(C2)N3)cc1. The molecule has 5 nitrogen and oxygen atoms in total. The highest BCUT2D eigenvalue weighted by Gasteiger charge is 2.34. The first-order valence-electron chi connectivity index (χ1n) is 8.96. The van der Waals surface area contributed by atoms with Gasteiger partial charge in [0.05, 0.1) is 0 Å². The number of benzene rings is 1. The van der Waals surface area contributed by atoms with Gasteiger partial charge in [-0.1, -0.05) is 13.8 Å². The van der Waals surface area contributed by atoms with Crippen molar-refractivity contribution >= 4 is 23.2 Å². The van der Waals surface area contributed by atoms with Crippen LogP contribution in [-0.2, 0) is 9.59 Å². The maximum absolute atomic E-state index is 12.3. The highest BCUT2D eigenvalue weighted by Crippen LogP contribution is 2.32. The highest BCUT2D eigenvalue weighted by molar-refractivity contribution is 5.93. The summed E-state index contributed by atoms with van der Waals surface area (Å²) in [6.45, 7) is 3.72. The normalized spacial score (nSPS) is 25.5. The van der Waals surface area contributed by atoms with E-state index in [1.165, 1.54) is 12.8 Å². The lowest BCUT2D eigenvalue weighted by atomic mass is 9.89. The Morgan fingerprint density at radius 2 is 1.58 bits per heavy atom. The Hall–Kier alpha value is -1.88. The second-order valence-electron chi connectivity index (χ2n) is 7.45. The maximum atomic E-state index is 12.3. The first-order valence-corrected chi connectivity index (χ1v) is 8.96. The second kappa shape index (κ2) is 7.34. The zero-order valence-electron chi connectivity index (χ0n) is 14.5. The average molecular weight is 329 g/mol. The van der Waals surface area contributed by atoms with Crippen molar-refractivity contribution in [2.45, 2.75) is 58.0 Å². The molecule has 24 heavy (non-hydrogen) atoms. The van der Waals surface area contributed by atoms with Crippen LogP contribution in [0.3, 0.4) is 0 Å². The minimum Gasteiger partial charge on any atom is -0.326 e. The van der Waals surface area contributed by atoms with Gasteiger partial charge in [-0.2, -0.15) is 0 Å². The van der Waals surface area contributed by atoms with Gasteiger partial charge < -0.3 is 16.0 Å². The number of anilines is 2. The number of piperidine rings is 1. The lowest BCUT2D eigenvalue weighted by Crippen LogP contribution is -2.39. The maximum Gasteiger partial charge on any atom is 0.226 e. The molecule has 2 fully saturated rings. The molecule has 2 heterocycles. The molecule has 2 atom stereocenters. The summed E-state index contributed by atoms with van der Waals surface area (Å²) < 4.78 is 0. The van der Waals surface area contributed by atoms with Crippen LogP contribution in [0.5, 0.6) is 0 Å². The number of carbonyl (C=O) groups is 2. The fraction of sp³-hybridized carbons (Fsp3) is 0.579. The van der Waals surface area contributed by atoms with E-state index in [0.717, 1.165) is 24.2 Å². The molecule has 3 N–H and O–H groups in total. The van der Waals surface area contributed by atoms with Crippen LogP contribution in [0.4, 0.5) is 11.4 Å². The summed E-state index contributed by atoms with van der Waals surface area (Å²) in [5, 5.41) is 9.42. The highest BCUT2D eigenvalue weighted by atomic mass is 16.2. The first-order chi connectivity index (χ1) is 11.5. The van der Waals surface area contributed by atoms with E-state index in [9.17, 15) is 9.59 Å². The number of fused-ring (bicyclic) bond motifs is 2. The molecule has 3 rings (SSSR count). The molecular formula is C19H27N3O2. The van der Waals surface area contributed by atoms with Gasteiger partial charge in [-0.15, -0.1) is 0 Å². The minimum atomic E-state index is -0.0512. The van der Waals surface area contributed by atoms with E-state index in [-0.39, 0.29) is 17.7 Å². The quantitative estimate of drug-likeness (QED) is 0.777. The molecule has 1 aromatic carbocycles. The lowest BCUT2D eigenvalue weighted by molar-refractivity contribution is -0.119. The topological polar surface area (TPSA) is 70.2 Å². The number of nitrogens with one attached hydrogen (secondary N) is 3. The van der Waals surface area contributed by atoms with Crippen LogP contribution in [0, 0.1) is 11.8 Å². The van der Waals surface area contributed by atoms with E-state index in [1.54, 1.807) is 0 Å². The van der Waals surface area contributed by atoms with E-state index >= 15 is 0 Å². The van der Waals surface area contributed by atoms with Crippen molar-refractivity contribution in [2.75, 3.05) is 10.6 Å². The van der Waals surface area contributed by atoms with Crippen molar-refractivity contribution in [2.24, 2.45) is 11.8 Å². The Morgan fingerprint density at radius 1 is 1.04 bits per heavy atom. The third kappa shape index (κ3) is 4.35. The zero-order chi connectivity index (χ0) is 17.1. The fourth-order valence-corrected chi connectivity index (χ4v) is 3.74. The van der Waals surface area contributed by atoms with Gasteiger partial charge in [0.25, 0.3) is 0 Å². The number of hydrogen-bond donors (Lipinski definition) is 3. The van der Waals surface area contributed by atoms with Crippen molar-refractivity contribution in [1.82, 2.24) is 5.32 Å². The molecule has 0 aromatic heterocycles. The molecule has 0 spiro atoms. The van der Waals surface area contributed by atoms with Crippen LogP contribution in [0.15, 0.2) is 24.3 Å². The predicted octanol–water partition coefficient (Wildman–Crippen LogP) is 3.14. The second-order valence-corrected chi connectivity index (χ2v) is 7.45. The molecule has 2 bridgehead atoms. The summed E-state index contributed by atoms with van der Waals surface area (Å²) in [5.74, 6) is 0.519. The summed E-state index contributed by atoms with van der Waals surface area (Å²) in [6, 6.07) is 8.54. The molecule has 0 radical (unpaired) electrons. The van der Waals surface area contributed by atoms with Crippen molar-refractivity contribution in [1.29, 1.82) is 0 Å². The molecule has 5 heteroatoms. The van der Waals surface area contributed by atoms with Crippen molar-refractivity contribution in [3.63, 3.8) is 0 Å². The molecule has 0 aliphatic carbocycles. The molecule has 0 saturated carbocycles. The number of amides is 2. The average Bonchev–Trinajstić information content (AvgIpc) is 2.87. The zero-order valence-corrected chi connectivity index (χ0v) is 14.5. The van der Waals surface area contributed by atoms with Gasteiger partial charge in [-0.05, 0) is 55.9 Å². The molecule has 2 amide bonds. The summed E-state index contributed by atoms with van der Waals surface area (Å²) in [4.78, 5) is 23.9. The fourth-order valence-electron chi connectivity index (χ4n) is 3.74. The van der Waals surface area contributed by atoms with Crippen molar-refractivity contribution in [3.05, 3.63) is 24.3 Å². The Bertz CT molecular complexity index is 585. The van der Waals surface area contributed by atoms with Crippen LogP contribution in [-0.4, -0.2) is 23.9 Å². The largest absolute Gasteiger partial charge is 0.326 e. The molecule has 2 saturated heterocycles. The summed E-state index contributed by atoms with van der Waals surface area (Å²) in [5.41, 5.74) is 1.53. The molecular weight excluding hydrogens is 302 g/mol. The third-order valence-electron chi connectivity index (χ3n) is 5.01. The van der Waals surface area contributed by atoms with Crippen LogP contribution in [0.25, 0.3) is 0 Å². The van der Waals surface area contributed by atoms with Gasteiger partial charge in [-0.3, -0.25) is 9.59 Å². The van der Waals surface area contributed by atoms with Gasteiger partial charge in [-0.25, -0.2) is 0 Å². The smallest absolute Gasteiger partial charge is 0.226 e. The molecule has 1 aromatic rings. The first kappa shape index (κ1) is 17.0. The monoisotopic (exact) mass is 329 g/mol. The van der Waals surface area contributed by atoms with Gasteiger partial charge in [0.15, 0.2) is 0 Å². The van der Waals surface area contributed by atoms with E-state index in [2.05, 4.69) is 16.0 Å². The summed E-state index contributed by atoms with van der Waals surface area (Å²) in [7, 11) is 0. The Labute approximate surface area is 143 Å². The molecule has 2 aliphatic rings. The van der Waals surface area contributed by atoms with Gasteiger partial charge in [0, 0.05) is 35.8 Å². The van der Waals surface area contributed by atoms with Crippen molar-refractivity contribution in [3.8, 4) is 0 Å². The molecule has 130 valence electrons. The number of hydrogen-bond acceptors (Lipinski definition) is 3. The van der Waals surface area contributed by atoms with E-state index in [4.69, 9.17) is 0 Å².